The highest BCUT2D eigenvalue weighted by Gasteiger charge is 2.14. The van der Waals surface area contributed by atoms with E-state index in [0.29, 0.717) is 10.4 Å². The van der Waals surface area contributed by atoms with Gasteiger partial charge in [-0.25, -0.2) is 13.6 Å². The van der Waals surface area contributed by atoms with Gasteiger partial charge in [0.25, 0.3) is 0 Å². The third-order valence-corrected chi connectivity index (χ3v) is 5.01. The smallest absolute Gasteiger partial charge is 0.247 e. The zero-order valence-corrected chi connectivity index (χ0v) is 11.0. The maximum atomic E-state index is 11.2. The first kappa shape index (κ1) is 12.9. The molecule has 0 atom stereocenters. The number of phenolic OH excluding ortho intramolecular Hbond substituents is 2. The lowest BCUT2D eigenvalue weighted by atomic mass is 10.1. The summed E-state index contributed by atoms with van der Waals surface area (Å²) >= 11 is 1.02. The Hall–Kier alpha value is -1.57. The largest absolute Gasteiger partial charge is 0.504 e. The maximum Gasteiger partial charge on any atom is 0.247 e. The van der Waals surface area contributed by atoms with Crippen molar-refractivity contribution < 1.29 is 18.6 Å². The minimum atomic E-state index is -3.71. The molecule has 0 aliphatic rings. The summed E-state index contributed by atoms with van der Waals surface area (Å²) in [7, 11) is -3.71. The van der Waals surface area contributed by atoms with Crippen molar-refractivity contribution in [3.8, 4) is 21.9 Å². The molecule has 1 heterocycles. The minimum Gasteiger partial charge on any atom is -0.504 e. The molecule has 0 aliphatic carbocycles. The molecule has 96 valence electrons. The Kier molecular flexibility index (Phi) is 3.05. The van der Waals surface area contributed by atoms with Crippen LogP contribution in [0.3, 0.4) is 0 Å². The number of thiophene rings is 1. The van der Waals surface area contributed by atoms with E-state index < -0.39 is 10.0 Å². The number of sulfonamides is 1. The van der Waals surface area contributed by atoms with Gasteiger partial charge in [-0.2, -0.15) is 0 Å². The molecule has 7 heteroatoms. The lowest BCUT2D eigenvalue weighted by Crippen LogP contribution is -2.09. The van der Waals surface area contributed by atoms with Crippen LogP contribution in [0.1, 0.15) is 5.56 Å². The molecule has 0 amide bonds. The fraction of sp³-hybridized carbons (Fsp3) is 0.0909. The van der Waals surface area contributed by atoms with E-state index in [1.54, 1.807) is 13.0 Å². The van der Waals surface area contributed by atoms with Crippen LogP contribution in [0.2, 0.25) is 0 Å². The second kappa shape index (κ2) is 4.27. The molecule has 0 saturated heterocycles. The van der Waals surface area contributed by atoms with Gasteiger partial charge < -0.3 is 10.2 Å². The molecule has 0 radical (unpaired) electrons. The van der Waals surface area contributed by atoms with Crippen molar-refractivity contribution in [2.24, 2.45) is 5.14 Å². The van der Waals surface area contributed by atoms with Gasteiger partial charge in [-0.15, -0.1) is 11.3 Å². The molecule has 0 spiro atoms. The number of benzene rings is 1. The summed E-state index contributed by atoms with van der Waals surface area (Å²) in [6.07, 6.45) is 0. The Morgan fingerprint density at radius 3 is 2.33 bits per heavy atom. The van der Waals surface area contributed by atoms with Crippen LogP contribution in [0.25, 0.3) is 10.4 Å². The quantitative estimate of drug-likeness (QED) is 0.732. The predicted octanol–water partition coefficient (Wildman–Crippen LogP) is 1.78. The van der Waals surface area contributed by atoms with Crippen molar-refractivity contribution in [2.45, 2.75) is 11.1 Å². The molecule has 0 saturated carbocycles. The van der Waals surface area contributed by atoms with Crippen LogP contribution < -0.4 is 5.14 Å². The van der Waals surface area contributed by atoms with Crippen LogP contribution in [0.15, 0.2) is 28.5 Å². The number of nitrogens with two attached hydrogens (primary N) is 1. The van der Waals surface area contributed by atoms with Gasteiger partial charge >= 0.3 is 0 Å². The number of aryl methyl sites for hydroxylation is 1. The first-order valence-electron chi connectivity index (χ1n) is 4.94. The maximum absolute atomic E-state index is 11.2. The SMILES string of the molecule is Cc1cc(O)c(O)cc1-c1ccc(S(N)(=O)=O)s1. The first-order chi connectivity index (χ1) is 8.29. The Morgan fingerprint density at radius 1 is 1.17 bits per heavy atom. The molecule has 0 fully saturated rings. The number of hydrogen-bond acceptors (Lipinski definition) is 5. The zero-order valence-electron chi connectivity index (χ0n) is 9.41. The molecular weight excluding hydrogens is 274 g/mol. The molecule has 18 heavy (non-hydrogen) atoms. The van der Waals surface area contributed by atoms with Crippen molar-refractivity contribution in [1.82, 2.24) is 0 Å². The fourth-order valence-electron chi connectivity index (χ4n) is 1.56. The Labute approximate surface area is 108 Å². The zero-order chi connectivity index (χ0) is 13.5. The second-order valence-corrected chi connectivity index (χ2v) is 6.69. The van der Waals surface area contributed by atoms with Gasteiger partial charge in [0.15, 0.2) is 11.5 Å². The minimum absolute atomic E-state index is 0.0597. The molecule has 5 nitrogen and oxygen atoms in total. The number of hydrogen-bond donors (Lipinski definition) is 3. The monoisotopic (exact) mass is 285 g/mol. The van der Waals surface area contributed by atoms with Crippen LogP contribution in [-0.2, 0) is 10.0 Å². The van der Waals surface area contributed by atoms with Gasteiger partial charge in [0, 0.05) is 4.88 Å². The summed E-state index contributed by atoms with van der Waals surface area (Å²) < 4.78 is 22.4. The molecule has 0 bridgehead atoms. The van der Waals surface area contributed by atoms with E-state index in [0.717, 1.165) is 16.9 Å². The van der Waals surface area contributed by atoms with Crippen molar-refractivity contribution >= 4 is 21.4 Å². The third kappa shape index (κ3) is 2.33. The second-order valence-electron chi connectivity index (χ2n) is 3.82. The molecule has 0 aliphatic heterocycles. The summed E-state index contributed by atoms with van der Waals surface area (Å²) in [5, 5.41) is 23.8. The van der Waals surface area contributed by atoms with Crippen LogP contribution in [0.4, 0.5) is 0 Å². The predicted molar refractivity (Wildman–Crippen MR) is 69.2 cm³/mol. The number of phenols is 2. The van der Waals surface area contributed by atoms with E-state index in [4.69, 9.17) is 5.14 Å². The van der Waals surface area contributed by atoms with E-state index in [2.05, 4.69) is 0 Å². The summed E-state index contributed by atoms with van der Waals surface area (Å²) in [6, 6.07) is 5.84. The Morgan fingerprint density at radius 2 is 1.78 bits per heavy atom. The number of aromatic hydroxyl groups is 2. The van der Waals surface area contributed by atoms with Crippen molar-refractivity contribution in [3.05, 3.63) is 29.8 Å². The molecule has 1 aromatic heterocycles. The van der Waals surface area contributed by atoms with Crippen LogP contribution >= 0.6 is 11.3 Å². The molecule has 2 aromatic rings. The van der Waals surface area contributed by atoms with Crippen LogP contribution in [0, 0.1) is 6.92 Å². The highest BCUT2D eigenvalue weighted by Crippen LogP contribution is 2.37. The van der Waals surface area contributed by atoms with E-state index in [1.807, 2.05) is 0 Å². The normalized spacial score (nSPS) is 11.7. The standard InChI is InChI=1S/C11H11NO4S2/c1-6-4-8(13)9(14)5-7(6)10-2-3-11(17-10)18(12,15)16/h2-5,13-14H,1H3,(H2,12,15,16). The van der Waals surface area contributed by atoms with E-state index in [1.165, 1.54) is 18.2 Å². The highest BCUT2D eigenvalue weighted by molar-refractivity contribution is 7.91. The van der Waals surface area contributed by atoms with Gasteiger partial charge in [-0.1, -0.05) is 0 Å². The summed E-state index contributed by atoms with van der Waals surface area (Å²) in [5.74, 6) is -0.458. The molecule has 0 unspecified atom stereocenters. The van der Waals surface area contributed by atoms with Crippen LogP contribution in [-0.4, -0.2) is 18.6 Å². The third-order valence-electron chi connectivity index (χ3n) is 2.45. The summed E-state index contributed by atoms with van der Waals surface area (Å²) in [4.78, 5) is 0.659. The number of rotatable bonds is 2. The molecular formula is C11H11NO4S2. The van der Waals surface area contributed by atoms with Gasteiger partial charge in [0.1, 0.15) is 4.21 Å². The Balaban J connectivity index is 2.56. The van der Waals surface area contributed by atoms with Gasteiger partial charge in [0.05, 0.1) is 0 Å². The summed E-state index contributed by atoms with van der Waals surface area (Å²) in [5.41, 5.74) is 1.39. The van der Waals surface area contributed by atoms with Crippen molar-refractivity contribution in [3.63, 3.8) is 0 Å². The Bertz CT molecular complexity index is 704. The van der Waals surface area contributed by atoms with E-state index >= 15 is 0 Å². The van der Waals surface area contributed by atoms with Gasteiger partial charge in [-0.3, -0.25) is 0 Å². The molecule has 1 aromatic carbocycles. The average Bonchev–Trinajstić information content (AvgIpc) is 2.72. The molecule has 4 N–H and O–H groups in total. The van der Waals surface area contributed by atoms with Crippen molar-refractivity contribution in [1.29, 1.82) is 0 Å². The summed E-state index contributed by atoms with van der Waals surface area (Å²) in [6.45, 7) is 1.75. The van der Waals surface area contributed by atoms with Crippen molar-refractivity contribution in [2.75, 3.05) is 0 Å². The lowest BCUT2D eigenvalue weighted by molar-refractivity contribution is 0.403. The first-order valence-corrected chi connectivity index (χ1v) is 7.31. The average molecular weight is 285 g/mol. The van der Waals surface area contributed by atoms with E-state index in [9.17, 15) is 18.6 Å². The van der Waals surface area contributed by atoms with E-state index in [-0.39, 0.29) is 15.7 Å². The fourth-order valence-corrected chi connectivity index (χ4v) is 3.37. The van der Waals surface area contributed by atoms with Crippen LogP contribution in [0.5, 0.6) is 11.5 Å². The van der Waals surface area contributed by atoms with Gasteiger partial charge in [-0.05, 0) is 42.3 Å². The topological polar surface area (TPSA) is 101 Å². The lowest BCUT2D eigenvalue weighted by Gasteiger charge is -2.05. The number of primary sulfonamides is 1. The van der Waals surface area contributed by atoms with Gasteiger partial charge in [0.2, 0.25) is 10.0 Å². The molecule has 2 rings (SSSR count). The highest BCUT2D eigenvalue weighted by atomic mass is 32.2.